The third kappa shape index (κ3) is 4.90. The Morgan fingerprint density at radius 3 is 2.87 bits per heavy atom. The van der Waals surface area contributed by atoms with Crippen molar-refractivity contribution in [3.05, 3.63) is 23.9 Å². The molecule has 1 aromatic heterocycles. The van der Waals surface area contributed by atoms with Gasteiger partial charge in [-0.3, -0.25) is 0 Å². The summed E-state index contributed by atoms with van der Waals surface area (Å²) in [6.07, 6.45) is 5.41. The summed E-state index contributed by atoms with van der Waals surface area (Å²) in [6, 6.07) is 5.39. The molecule has 5 heteroatoms. The first-order valence-corrected chi connectivity index (χ1v) is 8.87. The van der Waals surface area contributed by atoms with E-state index >= 15 is 0 Å². The molecular formula is C18H29N3O2. The van der Waals surface area contributed by atoms with Gasteiger partial charge in [0.15, 0.2) is 0 Å². The first-order chi connectivity index (χ1) is 11.2. The Morgan fingerprint density at radius 2 is 2.17 bits per heavy atom. The molecule has 2 aliphatic heterocycles. The highest BCUT2D eigenvalue weighted by Gasteiger charge is 2.20. The third-order valence-corrected chi connectivity index (χ3v) is 4.83. The maximum atomic E-state index is 5.88. The van der Waals surface area contributed by atoms with Crippen LogP contribution in [0.2, 0.25) is 0 Å². The van der Waals surface area contributed by atoms with Crippen molar-refractivity contribution < 1.29 is 9.47 Å². The Labute approximate surface area is 139 Å². The van der Waals surface area contributed by atoms with Gasteiger partial charge < -0.3 is 19.7 Å². The highest BCUT2D eigenvalue weighted by Crippen LogP contribution is 2.17. The van der Waals surface area contributed by atoms with Gasteiger partial charge in [0.05, 0.1) is 13.2 Å². The molecule has 0 saturated carbocycles. The molecule has 1 aromatic rings. The second kappa shape index (κ2) is 8.08. The Morgan fingerprint density at radius 1 is 1.35 bits per heavy atom. The van der Waals surface area contributed by atoms with Crippen molar-refractivity contribution in [2.75, 3.05) is 26.3 Å². The Bertz CT molecular complexity index is 481. The quantitative estimate of drug-likeness (QED) is 0.871. The summed E-state index contributed by atoms with van der Waals surface area (Å²) >= 11 is 0. The summed E-state index contributed by atoms with van der Waals surface area (Å²) in [5.41, 5.74) is 1.24. The zero-order chi connectivity index (χ0) is 16.1. The lowest BCUT2D eigenvalue weighted by atomic mass is 10.0. The SMILES string of the molecule is CC(C)N1CCC(NCc2ccnc(O[C@H]3CCOC3)c2)CC1. The Balaban J connectivity index is 1.45. The van der Waals surface area contributed by atoms with Crippen LogP contribution < -0.4 is 10.1 Å². The van der Waals surface area contributed by atoms with E-state index < -0.39 is 0 Å². The first kappa shape index (κ1) is 16.7. The number of aromatic nitrogens is 1. The van der Waals surface area contributed by atoms with E-state index in [0.717, 1.165) is 25.5 Å². The molecule has 23 heavy (non-hydrogen) atoms. The molecule has 3 rings (SSSR count). The fourth-order valence-corrected chi connectivity index (χ4v) is 3.28. The number of rotatable bonds is 6. The van der Waals surface area contributed by atoms with Crippen molar-refractivity contribution in [2.24, 2.45) is 0 Å². The van der Waals surface area contributed by atoms with Gasteiger partial charge in [0.25, 0.3) is 0 Å². The molecule has 0 aliphatic carbocycles. The van der Waals surface area contributed by atoms with E-state index in [2.05, 4.69) is 41.2 Å². The van der Waals surface area contributed by atoms with Gasteiger partial charge in [0.1, 0.15) is 6.10 Å². The minimum atomic E-state index is 0.158. The summed E-state index contributed by atoms with van der Waals surface area (Å²) < 4.78 is 11.2. The van der Waals surface area contributed by atoms with E-state index in [0.29, 0.717) is 18.7 Å². The summed E-state index contributed by atoms with van der Waals surface area (Å²) in [4.78, 5) is 6.87. The number of ether oxygens (including phenoxy) is 2. The second-order valence-corrected chi connectivity index (χ2v) is 6.89. The van der Waals surface area contributed by atoms with Crippen LogP contribution in [0.15, 0.2) is 18.3 Å². The predicted octanol–water partition coefficient (Wildman–Crippen LogP) is 2.21. The van der Waals surface area contributed by atoms with Crippen LogP contribution in [0.3, 0.4) is 0 Å². The van der Waals surface area contributed by atoms with Crippen LogP contribution in [0, 0.1) is 0 Å². The number of nitrogens with zero attached hydrogens (tertiary/aromatic N) is 2. The Kier molecular flexibility index (Phi) is 5.86. The molecule has 0 unspecified atom stereocenters. The number of likely N-dealkylation sites (tertiary alicyclic amines) is 1. The number of piperidine rings is 1. The van der Waals surface area contributed by atoms with Crippen LogP contribution in [-0.2, 0) is 11.3 Å². The molecule has 0 radical (unpaired) electrons. The van der Waals surface area contributed by atoms with Crippen molar-refractivity contribution in [3.8, 4) is 5.88 Å². The van der Waals surface area contributed by atoms with Gasteiger partial charge in [0, 0.05) is 37.3 Å². The van der Waals surface area contributed by atoms with Crippen molar-refractivity contribution in [1.29, 1.82) is 0 Å². The largest absolute Gasteiger partial charge is 0.472 e. The molecule has 0 bridgehead atoms. The van der Waals surface area contributed by atoms with Crippen LogP contribution in [0.4, 0.5) is 0 Å². The summed E-state index contributed by atoms with van der Waals surface area (Å²) in [6.45, 7) is 9.30. The maximum Gasteiger partial charge on any atom is 0.213 e. The average molecular weight is 319 g/mol. The van der Waals surface area contributed by atoms with Crippen LogP contribution in [0.1, 0.15) is 38.7 Å². The molecule has 3 heterocycles. The standard InChI is InChI=1S/C18H29N3O2/c1-14(2)21-8-4-16(5-9-21)20-12-15-3-7-19-18(11-15)23-17-6-10-22-13-17/h3,7,11,14,16-17,20H,4-6,8-10,12-13H2,1-2H3/t17-/m0/s1. The molecule has 2 aliphatic rings. The lowest BCUT2D eigenvalue weighted by molar-refractivity contribution is 0.138. The smallest absolute Gasteiger partial charge is 0.213 e. The lowest BCUT2D eigenvalue weighted by Gasteiger charge is -2.35. The third-order valence-electron chi connectivity index (χ3n) is 4.83. The van der Waals surface area contributed by atoms with Crippen molar-refractivity contribution in [3.63, 3.8) is 0 Å². The van der Waals surface area contributed by atoms with Crippen molar-refractivity contribution >= 4 is 0 Å². The molecule has 1 atom stereocenters. The fourth-order valence-electron chi connectivity index (χ4n) is 3.28. The highest BCUT2D eigenvalue weighted by molar-refractivity contribution is 5.20. The fraction of sp³-hybridized carbons (Fsp3) is 0.722. The molecule has 0 amide bonds. The maximum absolute atomic E-state index is 5.88. The van der Waals surface area contributed by atoms with Crippen LogP contribution in [-0.4, -0.2) is 54.4 Å². The van der Waals surface area contributed by atoms with E-state index in [1.54, 1.807) is 0 Å². The van der Waals surface area contributed by atoms with E-state index in [1.807, 2.05) is 6.20 Å². The lowest BCUT2D eigenvalue weighted by Crippen LogP contribution is -2.44. The number of hydrogen-bond donors (Lipinski definition) is 1. The predicted molar refractivity (Wildman–Crippen MR) is 90.7 cm³/mol. The minimum Gasteiger partial charge on any atom is -0.472 e. The van der Waals surface area contributed by atoms with Crippen molar-refractivity contribution in [1.82, 2.24) is 15.2 Å². The molecule has 5 nitrogen and oxygen atoms in total. The molecule has 0 aromatic carbocycles. The normalized spacial score (nSPS) is 23.5. The van der Waals surface area contributed by atoms with E-state index in [1.165, 1.54) is 31.5 Å². The topological polar surface area (TPSA) is 46.6 Å². The zero-order valence-corrected chi connectivity index (χ0v) is 14.3. The number of nitrogens with one attached hydrogen (secondary N) is 1. The average Bonchev–Trinajstić information content (AvgIpc) is 3.07. The van der Waals surface area contributed by atoms with Crippen LogP contribution in [0.25, 0.3) is 0 Å². The molecular weight excluding hydrogens is 290 g/mol. The van der Waals surface area contributed by atoms with Gasteiger partial charge >= 0.3 is 0 Å². The Hall–Kier alpha value is -1.17. The summed E-state index contributed by atoms with van der Waals surface area (Å²) in [5, 5.41) is 3.68. The zero-order valence-electron chi connectivity index (χ0n) is 14.3. The molecule has 1 N–H and O–H groups in total. The van der Waals surface area contributed by atoms with E-state index in [4.69, 9.17) is 9.47 Å². The molecule has 128 valence electrons. The van der Waals surface area contributed by atoms with Gasteiger partial charge in [-0.15, -0.1) is 0 Å². The van der Waals surface area contributed by atoms with E-state index in [-0.39, 0.29) is 6.10 Å². The highest BCUT2D eigenvalue weighted by atomic mass is 16.5. The van der Waals surface area contributed by atoms with Crippen molar-refractivity contribution in [2.45, 2.75) is 57.8 Å². The van der Waals surface area contributed by atoms with Gasteiger partial charge in [-0.25, -0.2) is 4.98 Å². The van der Waals surface area contributed by atoms with Crippen LogP contribution in [0.5, 0.6) is 5.88 Å². The van der Waals surface area contributed by atoms with Gasteiger partial charge in [0.2, 0.25) is 5.88 Å². The van der Waals surface area contributed by atoms with Gasteiger partial charge in [-0.2, -0.15) is 0 Å². The van der Waals surface area contributed by atoms with Gasteiger partial charge in [-0.05, 0) is 51.4 Å². The van der Waals surface area contributed by atoms with Gasteiger partial charge in [-0.1, -0.05) is 0 Å². The van der Waals surface area contributed by atoms with E-state index in [9.17, 15) is 0 Å². The minimum absolute atomic E-state index is 0.158. The molecule has 2 fully saturated rings. The number of hydrogen-bond acceptors (Lipinski definition) is 5. The second-order valence-electron chi connectivity index (χ2n) is 6.89. The molecule has 2 saturated heterocycles. The summed E-state index contributed by atoms with van der Waals surface area (Å²) in [7, 11) is 0. The summed E-state index contributed by atoms with van der Waals surface area (Å²) in [5.74, 6) is 0.717. The van der Waals surface area contributed by atoms with Crippen LogP contribution >= 0.6 is 0 Å². The molecule has 0 spiro atoms. The first-order valence-electron chi connectivity index (χ1n) is 8.87. The monoisotopic (exact) mass is 319 g/mol. The number of pyridine rings is 1.